The van der Waals surface area contributed by atoms with Gasteiger partial charge in [0, 0.05) is 18.3 Å². The van der Waals surface area contributed by atoms with E-state index >= 15 is 0 Å². The van der Waals surface area contributed by atoms with Gasteiger partial charge in [0.1, 0.15) is 16.9 Å². The van der Waals surface area contributed by atoms with Crippen LogP contribution in [0, 0.1) is 0 Å². The van der Waals surface area contributed by atoms with E-state index < -0.39 is 6.04 Å². The first-order chi connectivity index (χ1) is 13.4. The number of nitrogens with one attached hydrogen (secondary N) is 1. The molecule has 1 N–H and O–H groups in total. The predicted molar refractivity (Wildman–Crippen MR) is 113 cm³/mol. The molecule has 0 aliphatic carbocycles. The number of benzene rings is 1. The predicted octanol–water partition coefficient (Wildman–Crippen LogP) is 5.53. The van der Waals surface area contributed by atoms with E-state index in [-0.39, 0.29) is 11.9 Å². The third-order valence-electron chi connectivity index (χ3n) is 5.58. The monoisotopic (exact) mass is 438 g/mol. The number of nitrogens with zero attached hydrogens (tertiary/aromatic N) is 3. The molecular formula is C20H21Cl3N4O. The molecule has 0 radical (unpaired) electrons. The fraction of sp³-hybridized carbons (Fsp3) is 0.400. The minimum Gasteiger partial charge on any atom is -0.342 e. The summed E-state index contributed by atoms with van der Waals surface area (Å²) in [5.41, 5.74) is 2.27. The van der Waals surface area contributed by atoms with Crippen molar-refractivity contribution in [2.24, 2.45) is 0 Å². The molecule has 1 saturated heterocycles. The van der Waals surface area contributed by atoms with Crippen molar-refractivity contribution in [3.63, 3.8) is 0 Å². The van der Waals surface area contributed by atoms with Gasteiger partial charge in [-0.05, 0) is 43.9 Å². The van der Waals surface area contributed by atoms with Gasteiger partial charge in [0.05, 0.1) is 21.8 Å². The van der Waals surface area contributed by atoms with Crippen LogP contribution in [0.4, 0.5) is 5.82 Å². The summed E-state index contributed by atoms with van der Waals surface area (Å²) in [7, 11) is 0. The normalized spacial score (nSPS) is 21.7. The average molecular weight is 440 g/mol. The molecule has 2 aliphatic heterocycles. The minimum atomic E-state index is -0.427. The number of fused-ring (bicyclic) bond motifs is 1. The second-order valence-electron chi connectivity index (χ2n) is 7.23. The fourth-order valence-electron chi connectivity index (χ4n) is 4.18. The lowest BCUT2D eigenvalue weighted by Gasteiger charge is -2.33. The molecule has 3 heterocycles. The van der Waals surface area contributed by atoms with E-state index in [4.69, 9.17) is 34.8 Å². The first-order valence-electron chi connectivity index (χ1n) is 9.39. The largest absolute Gasteiger partial charge is 0.342 e. The molecule has 2 unspecified atom stereocenters. The van der Waals surface area contributed by atoms with E-state index in [1.54, 1.807) is 23.0 Å². The molecule has 0 spiro atoms. The zero-order valence-corrected chi connectivity index (χ0v) is 17.9. The molecule has 2 aromatic rings. The van der Waals surface area contributed by atoms with Crippen molar-refractivity contribution in [3.8, 4) is 0 Å². The van der Waals surface area contributed by atoms with Crippen LogP contribution in [0.15, 0.2) is 35.7 Å². The fourth-order valence-corrected chi connectivity index (χ4v) is 4.66. The number of amides is 1. The first kappa shape index (κ1) is 19.6. The number of carbonyl (C=O) groups is 1. The number of rotatable bonds is 3. The van der Waals surface area contributed by atoms with E-state index in [2.05, 4.69) is 17.3 Å². The van der Waals surface area contributed by atoms with Gasteiger partial charge in [-0.1, -0.05) is 47.8 Å². The summed E-state index contributed by atoms with van der Waals surface area (Å²) in [5.74, 6) is 0.697. The smallest absolute Gasteiger partial charge is 0.254 e. The summed E-state index contributed by atoms with van der Waals surface area (Å²) in [6.07, 6.45) is 4.60. The van der Waals surface area contributed by atoms with Crippen molar-refractivity contribution in [2.75, 3.05) is 11.9 Å². The number of likely N-dealkylation sites (tertiary alicyclic amines) is 1. The van der Waals surface area contributed by atoms with Crippen LogP contribution in [-0.4, -0.2) is 33.2 Å². The van der Waals surface area contributed by atoms with Crippen LogP contribution in [-0.2, 0) is 4.79 Å². The number of halogens is 3. The Morgan fingerprint density at radius 2 is 2.04 bits per heavy atom. The minimum absolute atomic E-state index is 0.0303. The van der Waals surface area contributed by atoms with Crippen molar-refractivity contribution >= 4 is 46.5 Å². The third-order valence-corrected chi connectivity index (χ3v) is 6.59. The Balaban J connectivity index is 1.84. The number of allylic oxidation sites excluding steroid dienone is 1. The number of hydrogen-bond acceptors (Lipinski definition) is 3. The Kier molecular flexibility index (Phi) is 5.34. The Bertz CT molecular complexity index is 968. The van der Waals surface area contributed by atoms with Gasteiger partial charge in [0.25, 0.3) is 5.91 Å². The summed E-state index contributed by atoms with van der Waals surface area (Å²) in [6.45, 7) is 4.80. The summed E-state index contributed by atoms with van der Waals surface area (Å²) in [6, 6.07) is 5.26. The van der Waals surface area contributed by atoms with Crippen molar-refractivity contribution < 1.29 is 4.79 Å². The van der Waals surface area contributed by atoms with E-state index in [0.717, 1.165) is 37.1 Å². The standard InChI is InChI=1S/C20H21Cl3N4O/c1-3-13-5-4-8-26(13)20(28)17-11(2)25-19-16(23)10-24-27(19)18(17)12-6-7-14(21)15(22)9-12/h6-7,9-10,13,18,25H,3-5,8H2,1-2H3. The number of hydrogen-bond donors (Lipinski definition) is 1. The molecule has 2 aliphatic rings. The highest BCUT2D eigenvalue weighted by molar-refractivity contribution is 6.42. The maximum atomic E-state index is 13.6. The molecule has 1 amide bonds. The highest BCUT2D eigenvalue weighted by Gasteiger charge is 2.38. The number of anilines is 1. The van der Waals surface area contributed by atoms with Gasteiger partial charge in [-0.2, -0.15) is 5.10 Å². The molecule has 0 saturated carbocycles. The van der Waals surface area contributed by atoms with E-state index in [0.29, 0.717) is 26.5 Å². The van der Waals surface area contributed by atoms with Crippen LogP contribution < -0.4 is 5.32 Å². The highest BCUT2D eigenvalue weighted by Crippen LogP contribution is 2.41. The van der Waals surface area contributed by atoms with Crippen molar-refractivity contribution in [3.05, 3.63) is 56.3 Å². The Morgan fingerprint density at radius 1 is 1.25 bits per heavy atom. The second kappa shape index (κ2) is 7.62. The van der Waals surface area contributed by atoms with Crippen molar-refractivity contribution in [1.29, 1.82) is 0 Å². The van der Waals surface area contributed by atoms with Crippen LogP contribution in [0.2, 0.25) is 15.1 Å². The number of carbonyl (C=O) groups excluding carboxylic acids is 1. The lowest BCUT2D eigenvalue weighted by molar-refractivity contribution is -0.128. The van der Waals surface area contributed by atoms with Gasteiger partial charge in [-0.25, -0.2) is 4.68 Å². The van der Waals surface area contributed by atoms with Crippen molar-refractivity contribution in [2.45, 2.75) is 45.2 Å². The third kappa shape index (κ3) is 3.19. The van der Waals surface area contributed by atoms with Gasteiger partial charge in [-0.3, -0.25) is 4.79 Å². The summed E-state index contributed by atoms with van der Waals surface area (Å²) < 4.78 is 1.75. The summed E-state index contributed by atoms with van der Waals surface area (Å²) in [5, 5.41) is 9.12. The molecule has 1 fully saturated rings. The van der Waals surface area contributed by atoms with Crippen LogP contribution >= 0.6 is 34.8 Å². The maximum Gasteiger partial charge on any atom is 0.254 e. The molecular weight excluding hydrogens is 419 g/mol. The molecule has 2 atom stereocenters. The van der Waals surface area contributed by atoms with Crippen LogP contribution in [0.1, 0.15) is 44.7 Å². The maximum absolute atomic E-state index is 13.6. The second-order valence-corrected chi connectivity index (χ2v) is 8.45. The van der Waals surface area contributed by atoms with E-state index in [1.807, 2.05) is 17.9 Å². The van der Waals surface area contributed by atoms with Crippen LogP contribution in [0.3, 0.4) is 0 Å². The summed E-state index contributed by atoms with van der Waals surface area (Å²) >= 11 is 18.7. The molecule has 1 aromatic carbocycles. The molecule has 148 valence electrons. The van der Waals surface area contributed by atoms with Gasteiger partial charge >= 0.3 is 0 Å². The quantitative estimate of drug-likeness (QED) is 0.684. The van der Waals surface area contributed by atoms with Gasteiger partial charge in [0.2, 0.25) is 0 Å². The lowest BCUT2D eigenvalue weighted by Crippen LogP contribution is -2.40. The molecule has 4 rings (SSSR count). The topological polar surface area (TPSA) is 50.2 Å². The summed E-state index contributed by atoms with van der Waals surface area (Å²) in [4.78, 5) is 15.6. The van der Waals surface area contributed by atoms with Gasteiger partial charge in [0.15, 0.2) is 0 Å². The molecule has 1 aromatic heterocycles. The van der Waals surface area contributed by atoms with E-state index in [9.17, 15) is 4.79 Å². The SMILES string of the molecule is CCC1CCCN1C(=O)C1=C(C)Nc2c(Cl)cnn2C1c1ccc(Cl)c(Cl)c1. The molecule has 5 nitrogen and oxygen atoms in total. The van der Waals surface area contributed by atoms with Crippen LogP contribution in [0.25, 0.3) is 0 Å². The Morgan fingerprint density at radius 3 is 2.75 bits per heavy atom. The van der Waals surface area contributed by atoms with Crippen LogP contribution in [0.5, 0.6) is 0 Å². The molecule has 8 heteroatoms. The van der Waals surface area contributed by atoms with Gasteiger partial charge in [-0.15, -0.1) is 0 Å². The molecule has 0 bridgehead atoms. The number of aromatic nitrogens is 2. The highest BCUT2D eigenvalue weighted by atomic mass is 35.5. The Hall–Kier alpha value is -1.69. The lowest BCUT2D eigenvalue weighted by atomic mass is 9.94. The Labute approximate surface area is 179 Å². The van der Waals surface area contributed by atoms with E-state index in [1.165, 1.54) is 0 Å². The van der Waals surface area contributed by atoms with Gasteiger partial charge < -0.3 is 10.2 Å². The molecule has 28 heavy (non-hydrogen) atoms. The zero-order valence-electron chi connectivity index (χ0n) is 15.7. The average Bonchev–Trinajstić information content (AvgIpc) is 3.29. The van der Waals surface area contributed by atoms with Crippen molar-refractivity contribution in [1.82, 2.24) is 14.7 Å². The first-order valence-corrected chi connectivity index (χ1v) is 10.5. The zero-order chi connectivity index (χ0) is 20.0.